The Hall–Kier alpha value is -2.02. The van der Waals surface area contributed by atoms with Crippen molar-refractivity contribution in [1.29, 1.82) is 5.26 Å². The minimum absolute atomic E-state index is 0.00663. The second-order valence-electron chi connectivity index (χ2n) is 4.86. The third-order valence-corrected chi connectivity index (χ3v) is 3.00. The lowest BCUT2D eigenvalue weighted by molar-refractivity contribution is -0.117. The molecule has 17 heavy (non-hydrogen) atoms. The molecule has 0 saturated heterocycles. The molecule has 1 aliphatic rings. The molecule has 1 amide bonds. The minimum atomic E-state index is -0.285. The first-order valence-corrected chi connectivity index (χ1v) is 5.54. The van der Waals surface area contributed by atoms with Crippen molar-refractivity contribution in [2.45, 2.75) is 26.3 Å². The van der Waals surface area contributed by atoms with Crippen LogP contribution in [0, 0.1) is 11.3 Å². The van der Waals surface area contributed by atoms with E-state index in [-0.39, 0.29) is 11.4 Å². The van der Waals surface area contributed by atoms with Crippen LogP contribution in [0.5, 0.6) is 0 Å². The minimum Gasteiger partial charge on any atom is -0.381 e. The fourth-order valence-corrected chi connectivity index (χ4v) is 2.25. The zero-order valence-electron chi connectivity index (χ0n) is 10.2. The second kappa shape index (κ2) is 3.77. The van der Waals surface area contributed by atoms with Crippen molar-refractivity contribution >= 4 is 17.3 Å². The van der Waals surface area contributed by atoms with Crippen molar-refractivity contribution in [2.75, 3.05) is 16.8 Å². The van der Waals surface area contributed by atoms with E-state index in [1.54, 1.807) is 24.0 Å². The molecule has 0 aliphatic carbocycles. The van der Waals surface area contributed by atoms with Crippen LogP contribution < -0.4 is 10.2 Å². The summed E-state index contributed by atoms with van der Waals surface area (Å²) in [5.41, 5.74) is 1.97. The summed E-state index contributed by atoms with van der Waals surface area (Å²) >= 11 is 0. The summed E-state index contributed by atoms with van der Waals surface area (Å²) in [5.74, 6) is -0.00663. The number of nitrogens with zero attached hydrogens (tertiary/aromatic N) is 2. The number of amides is 1. The van der Waals surface area contributed by atoms with Crippen LogP contribution in [0.15, 0.2) is 18.2 Å². The first kappa shape index (κ1) is 11.5. The SMILES string of the molecule is CC(=O)N1c2cc(C#N)ccc2NCC1(C)C. The Morgan fingerprint density at radius 1 is 1.53 bits per heavy atom. The van der Waals surface area contributed by atoms with E-state index in [0.717, 1.165) is 11.4 Å². The quantitative estimate of drug-likeness (QED) is 0.741. The lowest BCUT2D eigenvalue weighted by Crippen LogP contribution is -2.54. The van der Waals surface area contributed by atoms with Crippen molar-refractivity contribution in [2.24, 2.45) is 0 Å². The van der Waals surface area contributed by atoms with E-state index in [9.17, 15) is 4.79 Å². The van der Waals surface area contributed by atoms with Gasteiger partial charge in [0, 0.05) is 13.5 Å². The van der Waals surface area contributed by atoms with Gasteiger partial charge < -0.3 is 10.2 Å². The average Bonchev–Trinajstić information content (AvgIpc) is 2.26. The van der Waals surface area contributed by atoms with Crippen LogP contribution in [-0.2, 0) is 4.79 Å². The monoisotopic (exact) mass is 229 g/mol. The Morgan fingerprint density at radius 3 is 2.82 bits per heavy atom. The molecule has 1 N–H and O–H groups in total. The van der Waals surface area contributed by atoms with Gasteiger partial charge in [0.2, 0.25) is 5.91 Å². The van der Waals surface area contributed by atoms with Crippen LogP contribution in [0.1, 0.15) is 26.3 Å². The van der Waals surface area contributed by atoms with Gasteiger partial charge in [0.05, 0.1) is 28.5 Å². The summed E-state index contributed by atoms with van der Waals surface area (Å²) in [4.78, 5) is 13.5. The highest BCUT2D eigenvalue weighted by molar-refractivity contribution is 5.98. The Balaban J connectivity index is 2.59. The molecule has 0 bridgehead atoms. The van der Waals surface area contributed by atoms with Crippen molar-refractivity contribution < 1.29 is 4.79 Å². The number of carbonyl (C=O) groups excluding carboxylic acids is 1. The number of nitrogens with one attached hydrogen (secondary N) is 1. The zero-order chi connectivity index (χ0) is 12.6. The zero-order valence-corrected chi connectivity index (χ0v) is 10.2. The van der Waals surface area contributed by atoms with Gasteiger partial charge in [0.1, 0.15) is 0 Å². The van der Waals surface area contributed by atoms with E-state index in [1.165, 1.54) is 0 Å². The Kier molecular flexibility index (Phi) is 2.55. The van der Waals surface area contributed by atoms with Gasteiger partial charge in [-0.1, -0.05) is 0 Å². The Labute approximate surface area is 101 Å². The molecule has 1 aliphatic heterocycles. The molecular weight excluding hydrogens is 214 g/mol. The fraction of sp³-hybridized carbons (Fsp3) is 0.385. The molecule has 4 heteroatoms. The van der Waals surface area contributed by atoms with E-state index in [1.807, 2.05) is 19.9 Å². The average molecular weight is 229 g/mol. The smallest absolute Gasteiger partial charge is 0.224 e. The van der Waals surface area contributed by atoms with E-state index in [4.69, 9.17) is 5.26 Å². The summed E-state index contributed by atoms with van der Waals surface area (Å²) in [5, 5.41) is 12.2. The molecule has 1 aromatic rings. The fourth-order valence-electron chi connectivity index (χ4n) is 2.25. The maximum Gasteiger partial charge on any atom is 0.224 e. The molecule has 1 aromatic carbocycles. The van der Waals surface area contributed by atoms with Crippen LogP contribution in [0.25, 0.3) is 0 Å². The van der Waals surface area contributed by atoms with E-state index >= 15 is 0 Å². The van der Waals surface area contributed by atoms with Crippen molar-refractivity contribution in [3.05, 3.63) is 23.8 Å². The van der Waals surface area contributed by atoms with Crippen LogP contribution in [0.3, 0.4) is 0 Å². The van der Waals surface area contributed by atoms with E-state index in [0.29, 0.717) is 12.1 Å². The van der Waals surface area contributed by atoms with Crippen LogP contribution >= 0.6 is 0 Å². The maximum atomic E-state index is 11.8. The first-order chi connectivity index (χ1) is 7.95. The number of carbonyl (C=O) groups is 1. The number of hydrogen-bond donors (Lipinski definition) is 1. The predicted octanol–water partition coefficient (Wildman–Crippen LogP) is 2.12. The van der Waals surface area contributed by atoms with Gasteiger partial charge in [-0.15, -0.1) is 0 Å². The number of nitriles is 1. The van der Waals surface area contributed by atoms with E-state index in [2.05, 4.69) is 11.4 Å². The molecular formula is C13H15N3O. The number of fused-ring (bicyclic) bond motifs is 1. The first-order valence-electron chi connectivity index (χ1n) is 5.54. The number of rotatable bonds is 0. The molecule has 0 atom stereocenters. The molecule has 1 heterocycles. The Morgan fingerprint density at radius 2 is 2.24 bits per heavy atom. The number of hydrogen-bond acceptors (Lipinski definition) is 3. The lowest BCUT2D eigenvalue weighted by atomic mass is 9.96. The summed E-state index contributed by atoms with van der Waals surface area (Å²) in [7, 11) is 0. The van der Waals surface area contributed by atoms with Gasteiger partial charge in [0.15, 0.2) is 0 Å². The molecule has 0 aromatic heterocycles. The topological polar surface area (TPSA) is 56.1 Å². The maximum absolute atomic E-state index is 11.8. The molecule has 2 rings (SSSR count). The van der Waals surface area contributed by atoms with Gasteiger partial charge in [0.25, 0.3) is 0 Å². The van der Waals surface area contributed by atoms with Crippen molar-refractivity contribution in [3.63, 3.8) is 0 Å². The van der Waals surface area contributed by atoms with E-state index < -0.39 is 0 Å². The van der Waals surface area contributed by atoms with Gasteiger partial charge >= 0.3 is 0 Å². The molecule has 88 valence electrons. The number of benzene rings is 1. The summed E-state index contributed by atoms with van der Waals surface area (Å²) in [6, 6.07) is 7.45. The highest BCUT2D eigenvalue weighted by Crippen LogP contribution is 2.36. The van der Waals surface area contributed by atoms with Gasteiger partial charge in [-0.3, -0.25) is 4.79 Å². The molecule has 0 unspecified atom stereocenters. The second-order valence-corrected chi connectivity index (χ2v) is 4.86. The van der Waals surface area contributed by atoms with Crippen molar-refractivity contribution in [3.8, 4) is 6.07 Å². The van der Waals surface area contributed by atoms with Gasteiger partial charge in [-0.2, -0.15) is 5.26 Å². The summed E-state index contributed by atoms with van der Waals surface area (Å²) in [6.45, 7) is 6.26. The third-order valence-electron chi connectivity index (χ3n) is 3.00. The Bertz CT molecular complexity index is 514. The number of anilines is 2. The lowest BCUT2D eigenvalue weighted by Gasteiger charge is -2.43. The third kappa shape index (κ3) is 1.84. The normalized spacial score (nSPS) is 16.7. The van der Waals surface area contributed by atoms with Crippen molar-refractivity contribution in [1.82, 2.24) is 0 Å². The highest BCUT2D eigenvalue weighted by Gasteiger charge is 2.35. The highest BCUT2D eigenvalue weighted by atomic mass is 16.2. The standard InChI is InChI=1S/C13H15N3O/c1-9(17)16-12-6-10(7-14)4-5-11(12)15-8-13(16,2)3/h4-6,15H,8H2,1-3H3. The molecule has 0 spiro atoms. The van der Waals surface area contributed by atoms with Crippen LogP contribution in [0.4, 0.5) is 11.4 Å². The predicted molar refractivity (Wildman–Crippen MR) is 66.9 cm³/mol. The molecule has 0 radical (unpaired) electrons. The molecule has 0 fully saturated rings. The van der Waals surface area contributed by atoms with Gasteiger partial charge in [-0.05, 0) is 32.0 Å². The van der Waals surface area contributed by atoms with Crippen LogP contribution in [0.2, 0.25) is 0 Å². The van der Waals surface area contributed by atoms with Crippen LogP contribution in [-0.4, -0.2) is 18.0 Å². The molecule has 0 saturated carbocycles. The van der Waals surface area contributed by atoms with Gasteiger partial charge in [-0.25, -0.2) is 0 Å². The largest absolute Gasteiger partial charge is 0.381 e. The molecule has 4 nitrogen and oxygen atoms in total. The summed E-state index contributed by atoms with van der Waals surface area (Å²) in [6.07, 6.45) is 0. The summed E-state index contributed by atoms with van der Waals surface area (Å²) < 4.78 is 0.